The molecule has 0 aliphatic rings. The summed E-state index contributed by atoms with van der Waals surface area (Å²) in [6.07, 6.45) is 2.99. The van der Waals surface area contributed by atoms with Crippen molar-refractivity contribution in [2.75, 3.05) is 5.32 Å². The van der Waals surface area contributed by atoms with Crippen LogP contribution in [0, 0.1) is 0 Å². The third-order valence-electron chi connectivity index (χ3n) is 2.36. The van der Waals surface area contributed by atoms with Gasteiger partial charge in [-0.2, -0.15) is 0 Å². The van der Waals surface area contributed by atoms with Crippen molar-refractivity contribution in [3.63, 3.8) is 0 Å². The van der Waals surface area contributed by atoms with E-state index in [-0.39, 0.29) is 12.0 Å². The van der Waals surface area contributed by atoms with Crippen LogP contribution in [0.15, 0.2) is 36.7 Å². The van der Waals surface area contributed by atoms with Gasteiger partial charge >= 0.3 is 0 Å². The minimum atomic E-state index is -0.296. The molecule has 0 atom stereocenters. The maximum atomic E-state index is 12.1. The first-order chi connectivity index (χ1) is 9.56. The molecule has 104 valence electrons. The number of aromatic nitrogens is 2. The van der Waals surface area contributed by atoms with Gasteiger partial charge in [0.15, 0.2) is 0 Å². The number of ether oxygens (including phenoxy) is 1. The van der Waals surface area contributed by atoms with Gasteiger partial charge < -0.3 is 10.1 Å². The van der Waals surface area contributed by atoms with E-state index >= 15 is 0 Å². The van der Waals surface area contributed by atoms with E-state index in [1.54, 1.807) is 30.5 Å². The summed E-state index contributed by atoms with van der Waals surface area (Å²) in [5.41, 5.74) is 0.926. The highest BCUT2D eigenvalue weighted by atomic mass is 35.5. The third-order valence-corrected chi connectivity index (χ3v) is 2.58. The summed E-state index contributed by atoms with van der Waals surface area (Å²) in [5, 5.41) is 3.08. The molecule has 5 nitrogen and oxygen atoms in total. The fourth-order valence-electron chi connectivity index (χ4n) is 1.51. The fourth-order valence-corrected chi connectivity index (χ4v) is 1.62. The molecule has 0 aromatic carbocycles. The highest BCUT2D eigenvalue weighted by Crippen LogP contribution is 2.22. The van der Waals surface area contributed by atoms with Crippen molar-refractivity contribution in [2.24, 2.45) is 0 Å². The number of nitrogens with one attached hydrogen (secondary N) is 1. The van der Waals surface area contributed by atoms with Gasteiger partial charge in [0.25, 0.3) is 5.91 Å². The first-order valence-corrected chi connectivity index (χ1v) is 6.48. The Labute approximate surface area is 122 Å². The molecule has 6 heteroatoms. The highest BCUT2D eigenvalue weighted by Gasteiger charge is 2.12. The number of hydrogen-bond donors (Lipinski definition) is 1. The van der Waals surface area contributed by atoms with Crippen LogP contribution in [0.4, 0.5) is 5.69 Å². The Morgan fingerprint density at radius 2 is 2.10 bits per heavy atom. The minimum absolute atomic E-state index is 0.0299. The topological polar surface area (TPSA) is 64.1 Å². The minimum Gasteiger partial charge on any atom is -0.473 e. The highest BCUT2D eigenvalue weighted by molar-refractivity contribution is 6.29. The number of halogens is 1. The van der Waals surface area contributed by atoms with E-state index < -0.39 is 0 Å². The molecule has 1 N–H and O–H groups in total. The normalized spacial score (nSPS) is 10.4. The molecule has 2 aromatic rings. The lowest BCUT2D eigenvalue weighted by Crippen LogP contribution is -2.15. The number of pyridine rings is 2. The average molecular weight is 292 g/mol. The van der Waals surface area contributed by atoms with Crippen LogP contribution in [-0.4, -0.2) is 22.0 Å². The van der Waals surface area contributed by atoms with Crippen molar-refractivity contribution in [2.45, 2.75) is 20.0 Å². The zero-order chi connectivity index (χ0) is 14.5. The van der Waals surface area contributed by atoms with Crippen molar-refractivity contribution < 1.29 is 9.53 Å². The molecule has 2 rings (SSSR count). The Hall–Kier alpha value is -2.14. The van der Waals surface area contributed by atoms with Crippen LogP contribution in [0.2, 0.25) is 5.15 Å². The van der Waals surface area contributed by atoms with E-state index in [1.807, 2.05) is 13.8 Å². The molecule has 0 saturated heterocycles. The van der Waals surface area contributed by atoms with Gasteiger partial charge in [0.2, 0.25) is 5.88 Å². The summed E-state index contributed by atoms with van der Waals surface area (Å²) in [6, 6.07) is 6.62. The molecular weight excluding hydrogens is 278 g/mol. The van der Waals surface area contributed by atoms with Crippen molar-refractivity contribution in [3.8, 4) is 5.88 Å². The molecule has 2 heterocycles. The van der Waals surface area contributed by atoms with E-state index in [2.05, 4.69) is 15.3 Å². The summed E-state index contributed by atoms with van der Waals surface area (Å²) >= 11 is 5.69. The number of anilines is 1. The number of nitrogens with zero attached hydrogens (tertiary/aromatic N) is 2. The van der Waals surface area contributed by atoms with E-state index in [9.17, 15) is 4.79 Å². The third kappa shape index (κ3) is 3.68. The van der Waals surface area contributed by atoms with E-state index in [0.717, 1.165) is 0 Å². The number of amides is 1. The SMILES string of the molecule is CC(C)Oc1ncccc1NC(=O)c1ccc(Cl)nc1. The van der Waals surface area contributed by atoms with Crippen LogP contribution in [0.3, 0.4) is 0 Å². The summed E-state index contributed by atoms with van der Waals surface area (Å²) in [4.78, 5) is 20.1. The Balaban J connectivity index is 2.17. The molecule has 0 fully saturated rings. The lowest BCUT2D eigenvalue weighted by Gasteiger charge is -2.13. The second-order valence-corrected chi connectivity index (χ2v) is 4.73. The molecule has 0 saturated carbocycles. The Morgan fingerprint density at radius 1 is 1.30 bits per heavy atom. The average Bonchev–Trinajstić information content (AvgIpc) is 2.41. The van der Waals surface area contributed by atoms with Crippen LogP contribution in [0.5, 0.6) is 5.88 Å². The second-order valence-electron chi connectivity index (χ2n) is 4.35. The van der Waals surface area contributed by atoms with Crippen molar-refractivity contribution >= 4 is 23.2 Å². The predicted octanol–water partition coefficient (Wildman–Crippen LogP) is 3.17. The molecule has 0 bridgehead atoms. The molecule has 0 radical (unpaired) electrons. The maximum Gasteiger partial charge on any atom is 0.257 e. The number of hydrogen-bond acceptors (Lipinski definition) is 4. The Bertz CT molecular complexity index is 600. The van der Waals surface area contributed by atoms with Crippen molar-refractivity contribution in [1.82, 2.24) is 9.97 Å². The van der Waals surface area contributed by atoms with Gasteiger partial charge in [0.05, 0.1) is 11.7 Å². The van der Waals surface area contributed by atoms with E-state index in [4.69, 9.17) is 16.3 Å². The summed E-state index contributed by atoms with van der Waals surface area (Å²) < 4.78 is 5.54. The van der Waals surface area contributed by atoms with Gasteiger partial charge in [-0.3, -0.25) is 4.79 Å². The van der Waals surface area contributed by atoms with Gasteiger partial charge in [0, 0.05) is 12.4 Å². The smallest absolute Gasteiger partial charge is 0.257 e. The lowest BCUT2D eigenvalue weighted by atomic mass is 10.2. The maximum absolute atomic E-state index is 12.1. The molecular formula is C14H14ClN3O2. The molecule has 0 spiro atoms. The molecule has 0 unspecified atom stereocenters. The summed E-state index contributed by atoms with van der Waals surface area (Å²) in [5.74, 6) is 0.0912. The Kier molecular flexibility index (Phi) is 4.53. The van der Waals surface area contributed by atoms with Gasteiger partial charge in [-0.1, -0.05) is 11.6 Å². The molecule has 20 heavy (non-hydrogen) atoms. The zero-order valence-electron chi connectivity index (χ0n) is 11.1. The fraction of sp³-hybridized carbons (Fsp3) is 0.214. The predicted molar refractivity (Wildman–Crippen MR) is 77.2 cm³/mol. The molecule has 2 aromatic heterocycles. The lowest BCUT2D eigenvalue weighted by molar-refractivity contribution is 0.102. The van der Waals surface area contributed by atoms with Gasteiger partial charge in [-0.05, 0) is 38.1 Å². The quantitative estimate of drug-likeness (QED) is 0.879. The van der Waals surface area contributed by atoms with Crippen molar-refractivity contribution in [1.29, 1.82) is 0 Å². The number of carbonyl (C=O) groups excluding carboxylic acids is 1. The first kappa shape index (κ1) is 14.3. The molecule has 1 amide bonds. The van der Waals surface area contributed by atoms with E-state index in [1.165, 1.54) is 6.20 Å². The van der Waals surface area contributed by atoms with Gasteiger partial charge in [0.1, 0.15) is 10.8 Å². The first-order valence-electron chi connectivity index (χ1n) is 6.11. The van der Waals surface area contributed by atoms with Gasteiger partial charge in [-0.15, -0.1) is 0 Å². The number of carbonyl (C=O) groups is 1. The largest absolute Gasteiger partial charge is 0.473 e. The molecule has 0 aliphatic heterocycles. The van der Waals surface area contributed by atoms with Crippen LogP contribution in [0.1, 0.15) is 24.2 Å². The molecule has 0 aliphatic carbocycles. The van der Waals surface area contributed by atoms with Crippen LogP contribution in [0.25, 0.3) is 0 Å². The Morgan fingerprint density at radius 3 is 2.75 bits per heavy atom. The van der Waals surface area contributed by atoms with Gasteiger partial charge in [-0.25, -0.2) is 9.97 Å². The number of rotatable bonds is 4. The van der Waals surface area contributed by atoms with Crippen LogP contribution in [-0.2, 0) is 0 Å². The summed E-state index contributed by atoms with van der Waals surface area (Å²) in [6.45, 7) is 3.78. The van der Waals surface area contributed by atoms with Crippen molar-refractivity contribution in [3.05, 3.63) is 47.4 Å². The monoisotopic (exact) mass is 291 g/mol. The van der Waals surface area contributed by atoms with E-state index in [0.29, 0.717) is 22.3 Å². The standard InChI is InChI=1S/C14H14ClN3O2/c1-9(2)20-14-11(4-3-7-16-14)18-13(19)10-5-6-12(15)17-8-10/h3-9H,1-2H3,(H,18,19). The van der Waals surface area contributed by atoms with Crippen LogP contribution >= 0.6 is 11.6 Å². The summed E-state index contributed by atoms with van der Waals surface area (Å²) in [7, 11) is 0. The second kappa shape index (κ2) is 6.34. The van der Waals surface area contributed by atoms with Crippen LogP contribution < -0.4 is 10.1 Å². The zero-order valence-corrected chi connectivity index (χ0v) is 11.9.